The maximum Gasteiger partial charge on any atom is 0.241 e. The normalized spacial score (nSPS) is 27.2. The molecule has 2 aliphatic rings. The first-order valence-corrected chi connectivity index (χ1v) is 7.86. The van der Waals surface area contributed by atoms with Gasteiger partial charge in [0.2, 0.25) is 5.91 Å². The van der Waals surface area contributed by atoms with E-state index >= 15 is 0 Å². The van der Waals surface area contributed by atoms with Crippen molar-refractivity contribution in [3.63, 3.8) is 0 Å². The molecule has 0 bridgehead atoms. The molecule has 0 aromatic carbocycles. The number of hydrogen-bond acceptors (Lipinski definition) is 4. The van der Waals surface area contributed by atoms with E-state index in [-0.39, 0.29) is 18.1 Å². The fraction of sp³-hybridized carbons (Fsp3) is 0.643. The fourth-order valence-corrected chi connectivity index (χ4v) is 3.10. The van der Waals surface area contributed by atoms with Crippen LogP contribution in [-0.4, -0.2) is 36.6 Å². The van der Waals surface area contributed by atoms with Crippen LogP contribution in [0.25, 0.3) is 0 Å². The number of nitrogens with zero attached hydrogens (tertiary/aromatic N) is 1. The van der Waals surface area contributed by atoms with E-state index in [1.165, 1.54) is 18.4 Å². The lowest BCUT2D eigenvalue weighted by molar-refractivity contribution is -0.130. The highest BCUT2D eigenvalue weighted by Crippen LogP contribution is 2.29. The van der Waals surface area contributed by atoms with E-state index in [1.54, 1.807) is 11.3 Å². The molecule has 2 fully saturated rings. The minimum absolute atomic E-state index is 0.0123. The van der Waals surface area contributed by atoms with E-state index in [0.29, 0.717) is 13.2 Å². The van der Waals surface area contributed by atoms with E-state index in [4.69, 9.17) is 4.74 Å². The Kier molecular flexibility index (Phi) is 3.86. The summed E-state index contributed by atoms with van der Waals surface area (Å²) in [6.45, 7) is 4.08. The van der Waals surface area contributed by atoms with Gasteiger partial charge in [0.1, 0.15) is 6.17 Å². The van der Waals surface area contributed by atoms with Gasteiger partial charge in [0.25, 0.3) is 0 Å². The van der Waals surface area contributed by atoms with E-state index in [1.807, 2.05) is 17.2 Å². The van der Waals surface area contributed by atoms with Crippen LogP contribution in [0.2, 0.25) is 0 Å². The number of carbonyl (C=O) groups excluding carboxylic acids is 1. The highest BCUT2D eigenvalue weighted by molar-refractivity contribution is 7.07. The average Bonchev–Trinajstić information content (AvgIpc) is 2.98. The summed E-state index contributed by atoms with van der Waals surface area (Å²) >= 11 is 1.66. The average molecular weight is 280 g/mol. The number of rotatable bonds is 6. The van der Waals surface area contributed by atoms with Crippen LogP contribution in [0.15, 0.2) is 16.8 Å². The Hall–Kier alpha value is -0.910. The van der Waals surface area contributed by atoms with Crippen LogP contribution in [0.4, 0.5) is 0 Å². The number of hydrogen-bond donors (Lipinski definition) is 1. The van der Waals surface area contributed by atoms with Gasteiger partial charge in [-0.2, -0.15) is 11.3 Å². The number of ether oxygens (including phenoxy) is 1. The first kappa shape index (κ1) is 13.1. The summed E-state index contributed by atoms with van der Waals surface area (Å²) in [5.41, 5.74) is 1.17. The van der Waals surface area contributed by atoms with Crippen LogP contribution in [-0.2, 0) is 9.53 Å². The number of amides is 1. The molecule has 1 aliphatic heterocycles. The molecule has 1 N–H and O–H groups in total. The molecule has 1 aromatic rings. The van der Waals surface area contributed by atoms with Gasteiger partial charge < -0.3 is 9.64 Å². The van der Waals surface area contributed by atoms with Gasteiger partial charge >= 0.3 is 0 Å². The molecule has 1 amide bonds. The summed E-state index contributed by atoms with van der Waals surface area (Å²) in [6.07, 6.45) is 2.62. The first-order valence-electron chi connectivity index (χ1n) is 6.92. The minimum atomic E-state index is -0.103. The third kappa shape index (κ3) is 2.99. The van der Waals surface area contributed by atoms with E-state index in [2.05, 4.69) is 16.8 Å². The predicted octanol–water partition coefficient (Wildman–Crippen LogP) is 1.99. The van der Waals surface area contributed by atoms with Gasteiger partial charge in [-0.25, -0.2) is 0 Å². The molecule has 2 unspecified atom stereocenters. The Morgan fingerprint density at radius 2 is 2.37 bits per heavy atom. The molecule has 2 atom stereocenters. The maximum atomic E-state index is 12.2. The van der Waals surface area contributed by atoms with Crippen LogP contribution in [0, 0.1) is 5.92 Å². The van der Waals surface area contributed by atoms with Crippen molar-refractivity contribution in [3.05, 3.63) is 22.4 Å². The monoisotopic (exact) mass is 280 g/mol. The van der Waals surface area contributed by atoms with Crippen LogP contribution in [0.3, 0.4) is 0 Å². The van der Waals surface area contributed by atoms with Crippen LogP contribution < -0.4 is 5.32 Å². The minimum Gasteiger partial charge on any atom is -0.379 e. The lowest BCUT2D eigenvalue weighted by Crippen LogP contribution is -2.33. The van der Waals surface area contributed by atoms with E-state index < -0.39 is 0 Å². The van der Waals surface area contributed by atoms with Crippen molar-refractivity contribution < 1.29 is 9.53 Å². The second-order valence-corrected chi connectivity index (χ2v) is 6.18. The molecule has 1 aliphatic carbocycles. The second kappa shape index (κ2) is 5.61. The molecule has 0 spiro atoms. The third-order valence-corrected chi connectivity index (χ3v) is 4.46. The topological polar surface area (TPSA) is 41.6 Å². The Morgan fingerprint density at radius 3 is 3.05 bits per heavy atom. The SMILES string of the molecule is CC1NC(c2ccsc2)N(CCOCC2CC2)C1=O. The predicted molar refractivity (Wildman–Crippen MR) is 74.9 cm³/mol. The lowest BCUT2D eigenvalue weighted by atomic mass is 10.2. The van der Waals surface area contributed by atoms with E-state index in [9.17, 15) is 4.79 Å². The van der Waals surface area contributed by atoms with Crippen molar-refractivity contribution in [3.8, 4) is 0 Å². The summed E-state index contributed by atoms with van der Waals surface area (Å²) in [5.74, 6) is 0.949. The molecule has 1 saturated heterocycles. The molecule has 2 heterocycles. The zero-order valence-corrected chi connectivity index (χ0v) is 12.0. The van der Waals surface area contributed by atoms with Crippen LogP contribution in [0.5, 0.6) is 0 Å². The molecular weight excluding hydrogens is 260 g/mol. The zero-order chi connectivity index (χ0) is 13.2. The number of nitrogens with one attached hydrogen (secondary N) is 1. The van der Waals surface area contributed by atoms with Crippen LogP contribution >= 0.6 is 11.3 Å². The van der Waals surface area contributed by atoms with Gasteiger partial charge in [-0.15, -0.1) is 0 Å². The fourth-order valence-electron chi connectivity index (χ4n) is 2.42. The Balaban J connectivity index is 1.57. The Morgan fingerprint density at radius 1 is 1.53 bits per heavy atom. The maximum absolute atomic E-state index is 12.2. The molecule has 3 rings (SSSR count). The summed E-state index contributed by atoms with van der Waals surface area (Å²) in [6, 6.07) is 1.97. The highest BCUT2D eigenvalue weighted by Gasteiger charge is 2.36. The van der Waals surface area contributed by atoms with Crippen molar-refractivity contribution in [2.75, 3.05) is 19.8 Å². The summed E-state index contributed by atoms with van der Waals surface area (Å²) in [7, 11) is 0. The molecule has 19 heavy (non-hydrogen) atoms. The third-order valence-electron chi connectivity index (χ3n) is 3.76. The quantitative estimate of drug-likeness (QED) is 0.810. The Labute approximate surface area is 117 Å². The summed E-state index contributed by atoms with van der Waals surface area (Å²) in [5, 5.41) is 7.49. The molecule has 4 nitrogen and oxygen atoms in total. The lowest BCUT2D eigenvalue weighted by Gasteiger charge is -2.23. The van der Waals surface area contributed by atoms with Crippen molar-refractivity contribution in [2.45, 2.75) is 32.0 Å². The molecule has 1 saturated carbocycles. The van der Waals surface area contributed by atoms with Crippen molar-refractivity contribution >= 4 is 17.2 Å². The van der Waals surface area contributed by atoms with Crippen LogP contribution in [0.1, 0.15) is 31.5 Å². The Bertz CT molecular complexity index is 431. The molecule has 0 radical (unpaired) electrons. The standard InChI is InChI=1S/C14H20N2O2S/c1-10-14(17)16(5-6-18-8-11-2-3-11)13(15-10)12-4-7-19-9-12/h4,7,9-11,13,15H,2-3,5-6,8H2,1H3. The largest absolute Gasteiger partial charge is 0.379 e. The molecule has 5 heteroatoms. The van der Waals surface area contributed by atoms with Gasteiger partial charge in [0.05, 0.1) is 12.6 Å². The van der Waals surface area contributed by atoms with E-state index in [0.717, 1.165) is 12.5 Å². The molecule has 104 valence electrons. The first-order chi connectivity index (χ1) is 9.25. The van der Waals surface area contributed by atoms with Gasteiger partial charge in [-0.3, -0.25) is 10.1 Å². The van der Waals surface area contributed by atoms with Crippen molar-refractivity contribution in [1.82, 2.24) is 10.2 Å². The molecular formula is C14H20N2O2S. The van der Waals surface area contributed by atoms with Gasteiger partial charge in [-0.05, 0) is 48.1 Å². The van der Waals surface area contributed by atoms with Gasteiger partial charge in [0, 0.05) is 13.2 Å². The number of thiophene rings is 1. The highest BCUT2D eigenvalue weighted by atomic mass is 32.1. The zero-order valence-electron chi connectivity index (χ0n) is 11.2. The smallest absolute Gasteiger partial charge is 0.241 e. The van der Waals surface area contributed by atoms with Gasteiger partial charge in [0.15, 0.2) is 0 Å². The summed E-state index contributed by atoms with van der Waals surface area (Å²) < 4.78 is 5.65. The number of carbonyl (C=O) groups is 1. The molecule has 1 aromatic heterocycles. The van der Waals surface area contributed by atoms with Crippen molar-refractivity contribution in [1.29, 1.82) is 0 Å². The second-order valence-electron chi connectivity index (χ2n) is 5.40. The summed E-state index contributed by atoms with van der Waals surface area (Å²) in [4.78, 5) is 14.1. The van der Waals surface area contributed by atoms with Gasteiger partial charge in [-0.1, -0.05) is 0 Å². The van der Waals surface area contributed by atoms with Crippen molar-refractivity contribution in [2.24, 2.45) is 5.92 Å².